The summed E-state index contributed by atoms with van der Waals surface area (Å²) in [6, 6.07) is 0. The zero-order valence-corrected chi connectivity index (χ0v) is 10.1. The predicted molar refractivity (Wildman–Crippen MR) is 64.0 cm³/mol. The van der Waals surface area contributed by atoms with E-state index in [-0.39, 0.29) is 0 Å². The van der Waals surface area contributed by atoms with E-state index in [9.17, 15) is 0 Å². The molecule has 0 amide bonds. The molecule has 1 saturated heterocycles. The minimum absolute atomic E-state index is 0.575. The molecular weight excluding hydrogens is 218 g/mol. The number of fused-ring (bicyclic) bond motifs is 1. The molecule has 2 aromatic heterocycles. The second-order valence-electron chi connectivity index (χ2n) is 4.44. The summed E-state index contributed by atoms with van der Waals surface area (Å²) in [6.07, 6.45) is 1.54. The fourth-order valence-electron chi connectivity index (χ4n) is 2.16. The van der Waals surface area contributed by atoms with E-state index >= 15 is 0 Å². The second-order valence-corrected chi connectivity index (χ2v) is 4.44. The molecule has 17 heavy (non-hydrogen) atoms. The van der Waals surface area contributed by atoms with Crippen LogP contribution < -0.4 is 4.90 Å². The Morgan fingerprint density at radius 3 is 2.71 bits per heavy atom. The quantitative estimate of drug-likeness (QED) is 0.722. The van der Waals surface area contributed by atoms with Crippen LogP contribution in [0, 0.1) is 6.92 Å². The van der Waals surface area contributed by atoms with Crippen LogP contribution >= 0.6 is 0 Å². The first kappa shape index (κ1) is 10.5. The molecule has 0 unspecified atom stereocenters. The van der Waals surface area contributed by atoms with Gasteiger partial charge in [0.2, 0.25) is 0 Å². The van der Waals surface area contributed by atoms with E-state index in [1.807, 2.05) is 6.92 Å². The molecule has 0 saturated carbocycles. The van der Waals surface area contributed by atoms with Crippen molar-refractivity contribution in [1.29, 1.82) is 0 Å². The summed E-state index contributed by atoms with van der Waals surface area (Å²) in [5.74, 6) is 0.946. The van der Waals surface area contributed by atoms with Gasteiger partial charge in [-0.15, -0.1) is 0 Å². The Balaban J connectivity index is 2.02. The van der Waals surface area contributed by atoms with Crippen LogP contribution in [0.1, 0.15) is 5.69 Å². The molecule has 0 N–H and O–H groups in total. The van der Waals surface area contributed by atoms with Gasteiger partial charge in [0.15, 0.2) is 0 Å². The molecule has 2 aromatic rings. The van der Waals surface area contributed by atoms with Crippen LogP contribution in [0.5, 0.6) is 0 Å². The highest BCUT2D eigenvalue weighted by Gasteiger charge is 2.20. The van der Waals surface area contributed by atoms with Crippen LogP contribution in [0.3, 0.4) is 0 Å². The third-order valence-corrected chi connectivity index (χ3v) is 3.23. The molecule has 90 valence electrons. The smallest absolute Gasteiger partial charge is 0.263 e. The molecular formula is C11H15N5O. The SMILES string of the molecule is Cc1noc2ncnc(N3CCN(C)CC3)c12. The Hall–Kier alpha value is -1.69. The van der Waals surface area contributed by atoms with Crippen molar-refractivity contribution in [2.75, 3.05) is 38.1 Å². The maximum Gasteiger partial charge on any atom is 0.263 e. The van der Waals surface area contributed by atoms with Crippen molar-refractivity contribution >= 4 is 16.9 Å². The number of aryl methyl sites for hydroxylation is 1. The predicted octanol–water partition coefficient (Wildman–Crippen LogP) is 0.678. The van der Waals surface area contributed by atoms with Gasteiger partial charge in [-0.25, -0.2) is 4.98 Å². The zero-order valence-electron chi connectivity index (χ0n) is 10.1. The van der Waals surface area contributed by atoms with Gasteiger partial charge in [-0.3, -0.25) is 0 Å². The molecule has 1 aliphatic rings. The molecule has 6 nitrogen and oxygen atoms in total. The van der Waals surface area contributed by atoms with Gasteiger partial charge in [0, 0.05) is 26.2 Å². The van der Waals surface area contributed by atoms with E-state index in [4.69, 9.17) is 4.52 Å². The summed E-state index contributed by atoms with van der Waals surface area (Å²) < 4.78 is 5.16. The van der Waals surface area contributed by atoms with Gasteiger partial charge in [-0.2, -0.15) is 4.98 Å². The zero-order chi connectivity index (χ0) is 11.8. The molecule has 1 fully saturated rings. The van der Waals surface area contributed by atoms with Crippen LogP contribution in [0.4, 0.5) is 5.82 Å². The van der Waals surface area contributed by atoms with Crippen molar-refractivity contribution in [3.8, 4) is 0 Å². The Kier molecular flexibility index (Phi) is 2.44. The summed E-state index contributed by atoms with van der Waals surface area (Å²) in [5.41, 5.74) is 1.43. The standard InChI is InChI=1S/C11H15N5O/c1-8-9-10(12-7-13-11(9)17-14-8)16-5-3-15(2)4-6-16/h7H,3-6H2,1-2H3. The topological polar surface area (TPSA) is 58.3 Å². The summed E-state index contributed by atoms with van der Waals surface area (Å²) in [6.45, 7) is 5.99. The van der Waals surface area contributed by atoms with Crippen molar-refractivity contribution in [1.82, 2.24) is 20.0 Å². The molecule has 0 radical (unpaired) electrons. The highest BCUT2D eigenvalue weighted by molar-refractivity contribution is 5.87. The minimum atomic E-state index is 0.575. The summed E-state index contributed by atoms with van der Waals surface area (Å²) in [4.78, 5) is 13.1. The Labute approximate surface area is 99.2 Å². The highest BCUT2D eigenvalue weighted by Crippen LogP contribution is 2.26. The first-order valence-corrected chi connectivity index (χ1v) is 5.76. The maximum atomic E-state index is 5.16. The van der Waals surface area contributed by atoms with Crippen molar-refractivity contribution < 1.29 is 4.52 Å². The summed E-state index contributed by atoms with van der Waals surface area (Å²) in [5, 5.41) is 4.89. The molecule has 0 bridgehead atoms. The van der Waals surface area contributed by atoms with Gasteiger partial charge >= 0.3 is 0 Å². The first-order chi connectivity index (χ1) is 8.25. The lowest BCUT2D eigenvalue weighted by molar-refractivity contribution is 0.312. The van der Waals surface area contributed by atoms with E-state index in [2.05, 4.69) is 32.0 Å². The summed E-state index contributed by atoms with van der Waals surface area (Å²) in [7, 11) is 2.14. The van der Waals surface area contributed by atoms with E-state index in [0.29, 0.717) is 5.71 Å². The lowest BCUT2D eigenvalue weighted by atomic mass is 10.2. The van der Waals surface area contributed by atoms with Gasteiger partial charge in [-0.05, 0) is 14.0 Å². The minimum Gasteiger partial charge on any atom is -0.353 e. The van der Waals surface area contributed by atoms with Crippen LogP contribution in [0.2, 0.25) is 0 Å². The third-order valence-electron chi connectivity index (χ3n) is 3.23. The average Bonchev–Trinajstić information content (AvgIpc) is 2.73. The van der Waals surface area contributed by atoms with E-state index in [0.717, 1.165) is 43.1 Å². The Bertz CT molecular complexity index is 530. The Morgan fingerprint density at radius 1 is 1.18 bits per heavy atom. The maximum absolute atomic E-state index is 5.16. The van der Waals surface area contributed by atoms with Crippen LogP contribution in [0.15, 0.2) is 10.9 Å². The number of anilines is 1. The van der Waals surface area contributed by atoms with Crippen molar-refractivity contribution in [2.45, 2.75) is 6.92 Å². The molecule has 3 rings (SSSR count). The average molecular weight is 233 g/mol. The monoisotopic (exact) mass is 233 g/mol. The molecule has 6 heteroatoms. The number of piperazine rings is 1. The van der Waals surface area contributed by atoms with Crippen molar-refractivity contribution in [3.63, 3.8) is 0 Å². The third kappa shape index (κ3) is 1.74. The van der Waals surface area contributed by atoms with Gasteiger partial charge in [-0.1, -0.05) is 5.16 Å². The fourth-order valence-corrected chi connectivity index (χ4v) is 2.16. The number of hydrogen-bond donors (Lipinski definition) is 0. The molecule has 0 aliphatic carbocycles. The largest absolute Gasteiger partial charge is 0.353 e. The number of rotatable bonds is 1. The number of likely N-dealkylation sites (N-methyl/N-ethyl adjacent to an activating group) is 1. The van der Waals surface area contributed by atoms with E-state index in [1.165, 1.54) is 0 Å². The van der Waals surface area contributed by atoms with Crippen molar-refractivity contribution in [3.05, 3.63) is 12.0 Å². The van der Waals surface area contributed by atoms with E-state index < -0.39 is 0 Å². The number of hydrogen-bond acceptors (Lipinski definition) is 6. The first-order valence-electron chi connectivity index (χ1n) is 5.76. The van der Waals surface area contributed by atoms with Gasteiger partial charge in [0.05, 0.1) is 5.69 Å². The van der Waals surface area contributed by atoms with Gasteiger partial charge in [0.25, 0.3) is 5.71 Å². The lowest BCUT2D eigenvalue weighted by Gasteiger charge is -2.33. The Morgan fingerprint density at radius 2 is 1.94 bits per heavy atom. The molecule has 0 atom stereocenters. The van der Waals surface area contributed by atoms with Crippen LogP contribution in [-0.2, 0) is 0 Å². The lowest BCUT2D eigenvalue weighted by Crippen LogP contribution is -2.44. The second kappa shape index (κ2) is 3.96. The number of nitrogens with zero attached hydrogens (tertiary/aromatic N) is 5. The van der Waals surface area contributed by atoms with Crippen molar-refractivity contribution in [2.24, 2.45) is 0 Å². The number of aromatic nitrogens is 3. The molecule has 3 heterocycles. The molecule has 0 spiro atoms. The van der Waals surface area contributed by atoms with E-state index in [1.54, 1.807) is 6.33 Å². The fraction of sp³-hybridized carbons (Fsp3) is 0.545. The van der Waals surface area contributed by atoms with Gasteiger partial charge in [0.1, 0.15) is 17.5 Å². The molecule has 1 aliphatic heterocycles. The van der Waals surface area contributed by atoms with Gasteiger partial charge < -0.3 is 14.3 Å². The molecule has 0 aromatic carbocycles. The normalized spacial score (nSPS) is 17.9. The van der Waals surface area contributed by atoms with Crippen LogP contribution in [0.25, 0.3) is 11.1 Å². The van der Waals surface area contributed by atoms with Crippen LogP contribution in [-0.4, -0.2) is 53.3 Å². The summed E-state index contributed by atoms with van der Waals surface area (Å²) >= 11 is 0. The highest BCUT2D eigenvalue weighted by atomic mass is 16.5.